The van der Waals surface area contributed by atoms with Gasteiger partial charge in [-0.15, -0.1) is 0 Å². The van der Waals surface area contributed by atoms with Crippen LogP contribution in [0.1, 0.15) is 18.9 Å². The van der Waals surface area contributed by atoms with E-state index in [0.29, 0.717) is 32.7 Å². The summed E-state index contributed by atoms with van der Waals surface area (Å²) in [7, 11) is 1.96. The van der Waals surface area contributed by atoms with Gasteiger partial charge in [0.15, 0.2) is 0 Å². The summed E-state index contributed by atoms with van der Waals surface area (Å²) < 4.78 is 10.6. The highest BCUT2D eigenvalue weighted by atomic mass is 16.5. The number of benzene rings is 1. The summed E-state index contributed by atoms with van der Waals surface area (Å²) in [5.41, 5.74) is 6.65. The van der Waals surface area contributed by atoms with E-state index < -0.39 is 0 Å². The maximum atomic E-state index is 11.2. The number of para-hydroxylation sites is 1. The second-order valence-electron chi connectivity index (χ2n) is 4.52. The van der Waals surface area contributed by atoms with Crippen molar-refractivity contribution in [1.29, 1.82) is 0 Å². The fraction of sp³-hybridized carbons (Fsp3) is 0.533. The van der Waals surface area contributed by atoms with E-state index in [9.17, 15) is 4.79 Å². The summed E-state index contributed by atoms with van der Waals surface area (Å²) in [5, 5.41) is 0. The van der Waals surface area contributed by atoms with Crippen LogP contribution in [0.25, 0.3) is 0 Å². The third kappa shape index (κ3) is 6.04. The number of rotatable bonds is 9. The van der Waals surface area contributed by atoms with Gasteiger partial charge in [0.25, 0.3) is 0 Å². The van der Waals surface area contributed by atoms with Crippen molar-refractivity contribution < 1.29 is 14.3 Å². The van der Waals surface area contributed by atoms with Crippen molar-refractivity contribution in [2.75, 3.05) is 33.4 Å². The molecule has 0 bridgehead atoms. The average molecular weight is 280 g/mol. The summed E-state index contributed by atoms with van der Waals surface area (Å²) in [5.74, 6) is 0.669. The first-order valence-electron chi connectivity index (χ1n) is 6.92. The number of ether oxygens (including phenoxy) is 2. The molecule has 0 aliphatic heterocycles. The van der Waals surface area contributed by atoms with Gasteiger partial charge in [0.1, 0.15) is 12.4 Å². The van der Waals surface area contributed by atoms with E-state index in [1.54, 1.807) is 0 Å². The predicted molar refractivity (Wildman–Crippen MR) is 78.6 cm³/mol. The van der Waals surface area contributed by atoms with Crippen LogP contribution < -0.4 is 10.5 Å². The highest BCUT2D eigenvalue weighted by molar-refractivity contribution is 5.69. The van der Waals surface area contributed by atoms with Gasteiger partial charge >= 0.3 is 5.97 Å². The molecule has 0 saturated carbocycles. The Hall–Kier alpha value is -1.59. The van der Waals surface area contributed by atoms with E-state index in [2.05, 4.69) is 0 Å². The summed E-state index contributed by atoms with van der Waals surface area (Å²) in [6, 6.07) is 7.75. The third-order valence-electron chi connectivity index (χ3n) is 2.93. The van der Waals surface area contributed by atoms with Gasteiger partial charge in [-0.05, 0) is 20.0 Å². The maximum Gasteiger partial charge on any atom is 0.307 e. The van der Waals surface area contributed by atoms with Crippen LogP contribution in [-0.4, -0.2) is 44.2 Å². The van der Waals surface area contributed by atoms with E-state index in [4.69, 9.17) is 15.2 Å². The van der Waals surface area contributed by atoms with Crippen LogP contribution in [0, 0.1) is 0 Å². The zero-order valence-electron chi connectivity index (χ0n) is 12.3. The monoisotopic (exact) mass is 280 g/mol. The minimum absolute atomic E-state index is 0.159. The number of carbonyl (C=O) groups excluding carboxylic acids is 1. The first-order chi connectivity index (χ1) is 9.67. The molecule has 1 aromatic carbocycles. The molecule has 0 aromatic heterocycles. The second kappa shape index (κ2) is 9.34. The molecule has 0 spiro atoms. The largest absolute Gasteiger partial charge is 0.492 e. The molecule has 1 aromatic rings. The molecule has 0 fully saturated rings. The average Bonchev–Trinajstić information content (AvgIpc) is 2.46. The Labute approximate surface area is 120 Å². The summed E-state index contributed by atoms with van der Waals surface area (Å²) in [6.45, 7) is 4.69. The third-order valence-corrected chi connectivity index (χ3v) is 2.93. The minimum atomic E-state index is -0.159. The molecule has 1 rings (SSSR count). The Kier molecular flexibility index (Phi) is 7.69. The topological polar surface area (TPSA) is 64.8 Å². The Balaban J connectivity index is 2.24. The van der Waals surface area contributed by atoms with Crippen molar-refractivity contribution in [3.8, 4) is 5.75 Å². The highest BCUT2D eigenvalue weighted by Crippen LogP contribution is 2.16. The molecule has 0 aliphatic rings. The molecule has 0 radical (unpaired) electrons. The van der Waals surface area contributed by atoms with Gasteiger partial charge in [0.2, 0.25) is 0 Å². The first-order valence-corrected chi connectivity index (χ1v) is 6.92. The Morgan fingerprint density at radius 3 is 2.75 bits per heavy atom. The van der Waals surface area contributed by atoms with Gasteiger partial charge in [-0.3, -0.25) is 4.79 Å². The van der Waals surface area contributed by atoms with Crippen LogP contribution in [-0.2, 0) is 16.1 Å². The number of likely N-dealkylation sites (N-methyl/N-ethyl adjacent to an activating group) is 1. The van der Waals surface area contributed by atoms with Crippen LogP contribution in [0.4, 0.5) is 0 Å². The van der Waals surface area contributed by atoms with Gasteiger partial charge in [-0.25, -0.2) is 0 Å². The molecular formula is C15H24N2O3. The van der Waals surface area contributed by atoms with Gasteiger partial charge in [0.05, 0.1) is 13.0 Å². The molecule has 20 heavy (non-hydrogen) atoms. The lowest BCUT2D eigenvalue weighted by molar-refractivity contribution is -0.143. The molecule has 112 valence electrons. The van der Waals surface area contributed by atoms with Gasteiger partial charge in [-0.2, -0.15) is 0 Å². The summed E-state index contributed by atoms with van der Waals surface area (Å²) in [4.78, 5) is 13.3. The van der Waals surface area contributed by atoms with Crippen LogP contribution in [0.3, 0.4) is 0 Å². The van der Waals surface area contributed by atoms with E-state index in [0.717, 1.165) is 17.9 Å². The fourth-order valence-corrected chi connectivity index (χ4v) is 1.75. The summed E-state index contributed by atoms with van der Waals surface area (Å²) >= 11 is 0. The van der Waals surface area contributed by atoms with Crippen molar-refractivity contribution >= 4 is 5.97 Å². The van der Waals surface area contributed by atoms with Crippen LogP contribution in [0.5, 0.6) is 5.75 Å². The van der Waals surface area contributed by atoms with Crippen molar-refractivity contribution in [3.63, 3.8) is 0 Å². The first kappa shape index (κ1) is 16.5. The van der Waals surface area contributed by atoms with E-state index >= 15 is 0 Å². The van der Waals surface area contributed by atoms with Crippen molar-refractivity contribution in [2.45, 2.75) is 19.9 Å². The quantitative estimate of drug-likeness (QED) is 0.693. The Morgan fingerprint density at radius 1 is 1.30 bits per heavy atom. The second-order valence-corrected chi connectivity index (χ2v) is 4.52. The molecule has 0 saturated heterocycles. The highest BCUT2D eigenvalue weighted by Gasteiger charge is 2.06. The maximum absolute atomic E-state index is 11.2. The molecule has 0 atom stereocenters. The molecule has 5 heteroatoms. The zero-order valence-corrected chi connectivity index (χ0v) is 12.3. The molecule has 0 heterocycles. The standard InChI is InChI=1S/C15H24N2O3/c1-3-19-15(18)8-9-17(2)10-11-20-14-7-5-4-6-13(14)12-16/h4-7H,3,8-12,16H2,1-2H3. The Morgan fingerprint density at radius 2 is 2.05 bits per heavy atom. The number of nitrogens with zero attached hydrogens (tertiary/aromatic N) is 1. The molecule has 2 N–H and O–H groups in total. The zero-order chi connectivity index (χ0) is 14.8. The molecule has 0 amide bonds. The lowest BCUT2D eigenvalue weighted by atomic mass is 10.2. The van der Waals surface area contributed by atoms with E-state index in [-0.39, 0.29) is 5.97 Å². The number of carbonyl (C=O) groups is 1. The number of hydrogen-bond acceptors (Lipinski definition) is 5. The summed E-state index contributed by atoms with van der Waals surface area (Å²) in [6.07, 6.45) is 0.406. The fourth-order valence-electron chi connectivity index (χ4n) is 1.75. The van der Waals surface area contributed by atoms with Crippen LogP contribution >= 0.6 is 0 Å². The minimum Gasteiger partial charge on any atom is -0.492 e. The molecule has 0 aliphatic carbocycles. The van der Waals surface area contributed by atoms with Gasteiger partial charge < -0.3 is 20.1 Å². The molecular weight excluding hydrogens is 256 g/mol. The molecule has 0 unspecified atom stereocenters. The van der Waals surface area contributed by atoms with Crippen molar-refractivity contribution in [1.82, 2.24) is 4.90 Å². The number of nitrogens with two attached hydrogens (primary N) is 1. The van der Waals surface area contributed by atoms with Gasteiger partial charge in [0, 0.05) is 25.2 Å². The van der Waals surface area contributed by atoms with Crippen LogP contribution in [0.2, 0.25) is 0 Å². The Bertz CT molecular complexity index is 410. The van der Waals surface area contributed by atoms with Crippen molar-refractivity contribution in [3.05, 3.63) is 29.8 Å². The lowest BCUT2D eigenvalue weighted by Crippen LogP contribution is -2.27. The lowest BCUT2D eigenvalue weighted by Gasteiger charge is -2.17. The van der Waals surface area contributed by atoms with E-state index in [1.807, 2.05) is 43.1 Å². The smallest absolute Gasteiger partial charge is 0.307 e. The van der Waals surface area contributed by atoms with E-state index in [1.165, 1.54) is 0 Å². The predicted octanol–water partition coefficient (Wildman–Crippen LogP) is 1.41. The molecule has 5 nitrogen and oxygen atoms in total. The number of hydrogen-bond donors (Lipinski definition) is 1. The van der Waals surface area contributed by atoms with Crippen molar-refractivity contribution in [2.24, 2.45) is 5.73 Å². The number of esters is 1. The van der Waals surface area contributed by atoms with Gasteiger partial charge in [-0.1, -0.05) is 18.2 Å². The SMILES string of the molecule is CCOC(=O)CCN(C)CCOc1ccccc1CN. The van der Waals surface area contributed by atoms with Crippen LogP contribution in [0.15, 0.2) is 24.3 Å². The normalized spacial score (nSPS) is 10.6.